The van der Waals surface area contributed by atoms with Gasteiger partial charge in [-0.15, -0.1) is 0 Å². The van der Waals surface area contributed by atoms with Gasteiger partial charge in [0, 0.05) is 5.92 Å². The van der Waals surface area contributed by atoms with E-state index in [1.807, 2.05) is 13.8 Å². The van der Waals surface area contributed by atoms with Gasteiger partial charge in [0.25, 0.3) is 0 Å². The summed E-state index contributed by atoms with van der Waals surface area (Å²) in [7, 11) is 0. The van der Waals surface area contributed by atoms with Gasteiger partial charge in [0.05, 0.1) is 0 Å². The van der Waals surface area contributed by atoms with Crippen LogP contribution in [0, 0.1) is 11.8 Å². The van der Waals surface area contributed by atoms with Crippen molar-refractivity contribution in [2.24, 2.45) is 11.8 Å². The molecule has 12 heteroatoms. The van der Waals surface area contributed by atoms with Crippen molar-refractivity contribution in [1.29, 1.82) is 0 Å². The van der Waals surface area contributed by atoms with E-state index in [0.717, 1.165) is 12.8 Å². The Kier molecular flexibility index (Phi) is 3.75. The van der Waals surface area contributed by atoms with E-state index in [1.54, 1.807) is 0 Å². The molecule has 0 aromatic carbocycles. The van der Waals surface area contributed by atoms with Gasteiger partial charge in [-0.25, -0.2) is 19.2 Å². The molecule has 0 saturated carbocycles. The lowest BCUT2D eigenvalue weighted by Gasteiger charge is -2.34. The second-order valence-corrected chi connectivity index (χ2v) is 7.89. The molecule has 8 N–H and O–H groups in total. The lowest BCUT2D eigenvalue weighted by Crippen LogP contribution is -2.61. The molecule has 0 aliphatic carbocycles. The standard InChI is InChI=1S/C15H24N8O4/c1-6(5-14-8(16-10(24)20-14)17-11(25)21-14)3-4-7(2)15-9(18-12(26)22-15)19-13(27)23-15/h6-9H,3-5H2,1-2H3,(H2,16,20,24)(H2,17,21,25)(H2,18,22,26)(H2,19,23,27). The topological polar surface area (TPSA) is 165 Å². The summed E-state index contributed by atoms with van der Waals surface area (Å²) in [6.07, 6.45) is 1.07. The molecule has 0 bridgehead atoms. The van der Waals surface area contributed by atoms with Crippen LogP contribution in [0.1, 0.15) is 33.1 Å². The van der Waals surface area contributed by atoms with E-state index in [2.05, 4.69) is 42.5 Å². The van der Waals surface area contributed by atoms with Gasteiger partial charge in [-0.2, -0.15) is 0 Å². The molecule has 4 aliphatic rings. The van der Waals surface area contributed by atoms with Crippen LogP contribution >= 0.6 is 0 Å². The molecule has 2 unspecified atom stereocenters. The molecule has 12 nitrogen and oxygen atoms in total. The van der Waals surface area contributed by atoms with Crippen LogP contribution in [0.4, 0.5) is 19.2 Å². The Morgan fingerprint density at radius 2 is 1.22 bits per heavy atom. The zero-order valence-corrected chi connectivity index (χ0v) is 15.1. The van der Waals surface area contributed by atoms with Gasteiger partial charge in [-0.3, -0.25) is 0 Å². The summed E-state index contributed by atoms with van der Waals surface area (Å²) >= 11 is 0. The molecule has 2 atom stereocenters. The van der Waals surface area contributed by atoms with Crippen LogP contribution in [-0.2, 0) is 0 Å². The predicted molar refractivity (Wildman–Crippen MR) is 91.9 cm³/mol. The summed E-state index contributed by atoms with van der Waals surface area (Å²) in [5, 5.41) is 22.0. The molecule has 0 aromatic heterocycles. The summed E-state index contributed by atoms with van der Waals surface area (Å²) in [5.74, 6) is 0.129. The monoisotopic (exact) mass is 380 g/mol. The third-order valence-electron chi connectivity index (χ3n) is 5.90. The SMILES string of the molecule is CC(CCC(C)C12NC(=O)NC1NC(=O)N2)CC12NC(=O)NC1NC(=O)N2. The van der Waals surface area contributed by atoms with Gasteiger partial charge < -0.3 is 42.5 Å². The van der Waals surface area contributed by atoms with Gasteiger partial charge in [0.15, 0.2) is 11.3 Å². The number of fused-ring (bicyclic) bond motifs is 2. The lowest BCUT2D eigenvalue weighted by molar-refractivity contribution is 0.180. The highest BCUT2D eigenvalue weighted by Gasteiger charge is 2.57. The molecule has 8 amide bonds. The number of nitrogens with one attached hydrogen (secondary N) is 8. The van der Waals surface area contributed by atoms with E-state index in [-0.39, 0.29) is 36.0 Å². The lowest BCUT2D eigenvalue weighted by atomic mass is 9.84. The summed E-state index contributed by atoms with van der Waals surface area (Å²) in [6.45, 7) is 4.01. The van der Waals surface area contributed by atoms with Gasteiger partial charge in [0.1, 0.15) is 12.3 Å². The van der Waals surface area contributed by atoms with Crippen LogP contribution in [0.5, 0.6) is 0 Å². The van der Waals surface area contributed by atoms with E-state index in [1.165, 1.54) is 0 Å². The molecule has 4 fully saturated rings. The number of amides is 8. The Bertz CT molecular complexity index is 672. The number of carbonyl (C=O) groups excluding carboxylic acids is 4. The Hall–Kier alpha value is -2.92. The molecule has 0 aromatic rings. The van der Waals surface area contributed by atoms with Crippen molar-refractivity contribution in [1.82, 2.24) is 42.5 Å². The molecule has 4 aliphatic heterocycles. The number of rotatable bonds is 6. The summed E-state index contributed by atoms with van der Waals surface area (Å²) in [4.78, 5) is 46.8. The first-order chi connectivity index (χ1) is 12.7. The maximum Gasteiger partial charge on any atom is 0.318 e. The minimum atomic E-state index is -0.860. The van der Waals surface area contributed by atoms with Crippen molar-refractivity contribution in [2.45, 2.75) is 56.8 Å². The fraction of sp³-hybridized carbons (Fsp3) is 0.733. The quantitative estimate of drug-likeness (QED) is 0.288. The second kappa shape index (κ2) is 5.79. The molecule has 4 saturated heterocycles. The summed E-state index contributed by atoms with van der Waals surface area (Å²) in [5.41, 5.74) is -1.70. The van der Waals surface area contributed by atoms with Gasteiger partial charge in [-0.1, -0.05) is 20.3 Å². The highest BCUT2D eigenvalue weighted by Crippen LogP contribution is 2.32. The second-order valence-electron chi connectivity index (χ2n) is 7.89. The predicted octanol–water partition coefficient (Wildman–Crippen LogP) is -1.28. The van der Waals surface area contributed by atoms with Crippen LogP contribution in [0.2, 0.25) is 0 Å². The smallest absolute Gasteiger partial charge is 0.314 e. The minimum absolute atomic E-state index is 0.0382. The molecular formula is C15H24N8O4. The van der Waals surface area contributed by atoms with E-state index >= 15 is 0 Å². The molecule has 0 radical (unpaired) electrons. The van der Waals surface area contributed by atoms with Crippen LogP contribution in [0.25, 0.3) is 0 Å². The van der Waals surface area contributed by atoms with Crippen molar-refractivity contribution in [3.63, 3.8) is 0 Å². The average Bonchev–Trinajstić information content (AvgIpc) is 3.19. The minimum Gasteiger partial charge on any atom is -0.314 e. The van der Waals surface area contributed by atoms with Crippen LogP contribution in [0.15, 0.2) is 0 Å². The van der Waals surface area contributed by atoms with Crippen molar-refractivity contribution in [3.05, 3.63) is 0 Å². The molecule has 0 spiro atoms. The van der Waals surface area contributed by atoms with Crippen molar-refractivity contribution >= 4 is 24.1 Å². The Labute approximate surface area is 155 Å². The first-order valence-corrected chi connectivity index (χ1v) is 9.07. The third-order valence-corrected chi connectivity index (χ3v) is 5.90. The molecule has 4 heterocycles. The largest absolute Gasteiger partial charge is 0.318 e. The maximum absolute atomic E-state index is 11.7. The fourth-order valence-electron chi connectivity index (χ4n) is 4.51. The summed E-state index contributed by atoms with van der Waals surface area (Å²) in [6, 6.07) is -1.30. The highest BCUT2D eigenvalue weighted by molar-refractivity contribution is 5.87. The highest BCUT2D eigenvalue weighted by atomic mass is 16.2. The molecule has 4 rings (SSSR count). The first-order valence-electron chi connectivity index (χ1n) is 9.07. The molecule has 27 heavy (non-hydrogen) atoms. The molecular weight excluding hydrogens is 356 g/mol. The Balaban J connectivity index is 1.37. The van der Waals surface area contributed by atoms with Crippen LogP contribution in [0.3, 0.4) is 0 Å². The Morgan fingerprint density at radius 1 is 0.741 bits per heavy atom. The average molecular weight is 380 g/mol. The van der Waals surface area contributed by atoms with Crippen molar-refractivity contribution in [3.8, 4) is 0 Å². The van der Waals surface area contributed by atoms with Gasteiger partial charge in [0.2, 0.25) is 0 Å². The van der Waals surface area contributed by atoms with E-state index in [9.17, 15) is 19.2 Å². The zero-order chi connectivity index (χ0) is 19.4. The number of hydrogen-bond donors (Lipinski definition) is 8. The van der Waals surface area contributed by atoms with Crippen molar-refractivity contribution < 1.29 is 19.2 Å². The van der Waals surface area contributed by atoms with E-state index in [0.29, 0.717) is 6.42 Å². The van der Waals surface area contributed by atoms with Crippen LogP contribution in [-0.4, -0.2) is 47.8 Å². The number of urea groups is 4. The Morgan fingerprint density at radius 3 is 1.78 bits per heavy atom. The van der Waals surface area contributed by atoms with Gasteiger partial charge >= 0.3 is 24.1 Å². The van der Waals surface area contributed by atoms with Crippen molar-refractivity contribution in [2.75, 3.05) is 0 Å². The van der Waals surface area contributed by atoms with Gasteiger partial charge in [-0.05, 0) is 18.8 Å². The first kappa shape index (κ1) is 17.5. The fourth-order valence-corrected chi connectivity index (χ4v) is 4.51. The van der Waals surface area contributed by atoms with E-state index < -0.39 is 23.7 Å². The molecule has 148 valence electrons. The number of carbonyl (C=O) groups is 4. The normalized spacial score (nSPS) is 38.1. The summed E-state index contributed by atoms with van der Waals surface area (Å²) < 4.78 is 0. The zero-order valence-electron chi connectivity index (χ0n) is 15.1. The number of hydrogen-bond acceptors (Lipinski definition) is 4. The van der Waals surface area contributed by atoms with E-state index in [4.69, 9.17) is 0 Å². The maximum atomic E-state index is 11.7. The third kappa shape index (κ3) is 2.75. The van der Waals surface area contributed by atoms with Crippen LogP contribution < -0.4 is 42.5 Å².